The molecule has 0 saturated heterocycles. The lowest BCUT2D eigenvalue weighted by Gasteiger charge is -2.30. The third kappa shape index (κ3) is 8.17. The second-order valence-electron chi connectivity index (χ2n) is 18.1. The minimum Gasteiger partial charge on any atom is -0.307 e. The summed E-state index contributed by atoms with van der Waals surface area (Å²) in [6.45, 7) is 7.55. The Labute approximate surface area is 424 Å². The summed E-state index contributed by atoms with van der Waals surface area (Å²) < 4.78 is 64.4. The molecule has 0 heterocycles. The molecule has 0 radical (unpaired) electrons. The fourth-order valence-corrected chi connectivity index (χ4v) is 10.2. The van der Waals surface area contributed by atoms with Crippen LogP contribution in [-0.2, 0) is 0 Å². The van der Waals surface area contributed by atoms with Gasteiger partial charge in [-0.1, -0.05) is 133 Å². The van der Waals surface area contributed by atoms with Crippen LogP contribution in [0, 0.1) is 41.2 Å². The van der Waals surface area contributed by atoms with Crippen LogP contribution < -0.4 is 9.80 Å². The molecule has 0 N–H and O–H groups in total. The summed E-state index contributed by atoms with van der Waals surface area (Å²) in [4.78, 5) is 7.09. The van der Waals surface area contributed by atoms with Crippen molar-refractivity contribution in [2.75, 3.05) is 9.80 Å². The highest BCUT2D eigenvalue weighted by atomic mass is 19.1. The summed E-state index contributed by atoms with van der Waals surface area (Å²) in [5, 5.41) is 14.5. The third-order valence-electron chi connectivity index (χ3n) is 13.6. The van der Waals surface area contributed by atoms with Gasteiger partial charge in [0.1, 0.15) is 23.3 Å². The fourth-order valence-electron chi connectivity index (χ4n) is 10.2. The first-order valence-electron chi connectivity index (χ1n) is 23.8. The molecular weight excluding hydrogens is 925 g/mol. The lowest BCUT2D eigenvalue weighted by atomic mass is 9.91. The Hall–Kier alpha value is -10.0. The number of hydrogen-bond donors (Lipinski definition) is 0. The zero-order chi connectivity index (χ0) is 50.5. The van der Waals surface area contributed by atoms with E-state index in [-0.39, 0.29) is 11.4 Å². The smallest absolute Gasteiger partial charge is 0.187 e. The van der Waals surface area contributed by atoms with Crippen molar-refractivity contribution in [2.24, 2.45) is 0 Å². The first-order valence-corrected chi connectivity index (χ1v) is 23.8. The van der Waals surface area contributed by atoms with E-state index in [4.69, 9.17) is 6.57 Å². The van der Waals surface area contributed by atoms with Crippen LogP contribution in [0.4, 0.5) is 57.4 Å². The first kappa shape index (κ1) is 45.1. The molecule has 12 aromatic rings. The fraction of sp³-hybridized carbons (Fsp3) is 0. The van der Waals surface area contributed by atoms with E-state index in [1.165, 1.54) is 12.1 Å². The largest absolute Gasteiger partial charge is 0.307 e. The molecule has 4 nitrogen and oxygen atoms in total. The van der Waals surface area contributed by atoms with Gasteiger partial charge in [-0.3, -0.25) is 0 Å². The minimum atomic E-state index is -0.642. The van der Waals surface area contributed by atoms with Crippen molar-refractivity contribution < 1.29 is 17.6 Å². The SMILES string of the molecule is [C-]#[N+]c1ccc(-c2cc(-c3ccccc3)cc(N(c3cc(F)ccc3F)c3ccc4ccc5c(N(c6cc(-c7ccccc7)cc(-c7ccc(C#N)cc7)c6)c6cc(F)ccc6F)ccc6ccc3c4c65)c2)cc1. The van der Waals surface area contributed by atoms with Crippen molar-refractivity contribution in [3.8, 4) is 50.6 Å². The molecule has 12 aromatic carbocycles. The third-order valence-corrected chi connectivity index (χ3v) is 13.6. The summed E-state index contributed by atoms with van der Waals surface area (Å²) in [6.07, 6.45) is 0. The van der Waals surface area contributed by atoms with Gasteiger partial charge in [0.25, 0.3) is 0 Å². The quantitative estimate of drug-likeness (QED) is 0.0778. The molecule has 0 saturated carbocycles. The van der Waals surface area contributed by atoms with Gasteiger partial charge in [-0.05, 0) is 151 Å². The molecule has 0 aliphatic carbocycles. The van der Waals surface area contributed by atoms with Crippen molar-refractivity contribution in [3.63, 3.8) is 0 Å². The van der Waals surface area contributed by atoms with Gasteiger partial charge in [-0.15, -0.1) is 0 Å². The van der Waals surface area contributed by atoms with Gasteiger partial charge in [0.15, 0.2) is 5.69 Å². The average Bonchev–Trinajstić information content (AvgIpc) is 3.47. The number of benzene rings is 12. The van der Waals surface area contributed by atoms with Crippen LogP contribution in [0.3, 0.4) is 0 Å². The standard InChI is InChI=1S/C66H38F4N4/c1-72-54-24-16-45(17-25-54)51-33-49(43-10-6-3-7-11-43)35-56(37-51)74(64-39-53(68)23-29-60(64)70)62-31-21-47-18-26-57-61(30-20-46-19-27-58(62)66(47)65(46)57)73(63-38-52(67)22-28-59(63)69)55-34-48(42-8-4-2-5-9-42)32-50(36-55)44-14-12-41(40-71)13-15-44/h2-39H. The van der Waals surface area contributed by atoms with Crippen LogP contribution in [0.5, 0.6) is 0 Å². The zero-order valence-corrected chi connectivity index (χ0v) is 39.2. The maximum Gasteiger partial charge on any atom is 0.187 e. The van der Waals surface area contributed by atoms with Crippen molar-refractivity contribution in [2.45, 2.75) is 0 Å². The van der Waals surface area contributed by atoms with Gasteiger partial charge in [-0.2, -0.15) is 5.26 Å². The number of nitriles is 1. The average molecular weight is 963 g/mol. The van der Waals surface area contributed by atoms with Crippen LogP contribution in [0.25, 0.3) is 81.7 Å². The van der Waals surface area contributed by atoms with Gasteiger partial charge in [0.2, 0.25) is 0 Å². The van der Waals surface area contributed by atoms with Crippen molar-refractivity contribution in [1.82, 2.24) is 0 Å². The highest BCUT2D eigenvalue weighted by molar-refractivity contribution is 6.28. The molecular formula is C66H38F4N4. The maximum atomic E-state index is 16.6. The molecule has 0 aliphatic rings. The second kappa shape index (κ2) is 18.6. The molecule has 0 aliphatic heterocycles. The van der Waals surface area contributed by atoms with E-state index in [0.29, 0.717) is 34.0 Å². The molecule has 12 rings (SSSR count). The number of rotatable bonds is 10. The van der Waals surface area contributed by atoms with E-state index in [1.54, 1.807) is 34.1 Å². The van der Waals surface area contributed by atoms with Gasteiger partial charge in [-0.25, -0.2) is 22.4 Å². The lowest BCUT2D eigenvalue weighted by Crippen LogP contribution is -2.14. The Bertz CT molecular complexity index is 3930. The predicted molar refractivity (Wildman–Crippen MR) is 292 cm³/mol. The molecule has 8 heteroatoms. The maximum absolute atomic E-state index is 16.6. The lowest BCUT2D eigenvalue weighted by molar-refractivity contribution is 0.601. The Morgan fingerprint density at radius 1 is 0.365 bits per heavy atom. The molecule has 0 spiro atoms. The summed E-state index contributed by atoms with van der Waals surface area (Å²) in [7, 11) is 0. The Morgan fingerprint density at radius 3 is 1.16 bits per heavy atom. The molecule has 0 atom stereocenters. The molecule has 0 amide bonds. The molecule has 0 aromatic heterocycles. The zero-order valence-electron chi connectivity index (χ0n) is 39.2. The Balaban J connectivity index is 1.12. The van der Waals surface area contributed by atoms with Gasteiger partial charge >= 0.3 is 0 Å². The van der Waals surface area contributed by atoms with E-state index in [1.807, 2.05) is 170 Å². The van der Waals surface area contributed by atoms with Gasteiger partial charge in [0.05, 0.1) is 41.0 Å². The van der Waals surface area contributed by atoms with Crippen molar-refractivity contribution in [1.29, 1.82) is 5.26 Å². The molecule has 350 valence electrons. The molecule has 0 bridgehead atoms. The summed E-state index contributed by atoms with van der Waals surface area (Å²) in [6, 6.07) is 70.9. The van der Waals surface area contributed by atoms with E-state index in [0.717, 1.165) is 101 Å². The van der Waals surface area contributed by atoms with Gasteiger partial charge in [0, 0.05) is 34.3 Å². The van der Waals surface area contributed by atoms with Crippen LogP contribution in [0.2, 0.25) is 0 Å². The van der Waals surface area contributed by atoms with E-state index in [2.05, 4.69) is 10.9 Å². The molecule has 74 heavy (non-hydrogen) atoms. The van der Waals surface area contributed by atoms with E-state index in [9.17, 15) is 5.26 Å². The summed E-state index contributed by atoms with van der Waals surface area (Å²) in [5.41, 5.74) is 9.94. The van der Waals surface area contributed by atoms with Crippen LogP contribution in [-0.4, -0.2) is 0 Å². The van der Waals surface area contributed by atoms with Crippen LogP contribution >= 0.6 is 0 Å². The summed E-state index contributed by atoms with van der Waals surface area (Å²) >= 11 is 0. The van der Waals surface area contributed by atoms with Gasteiger partial charge < -0.3 is 9.80 Å². The predicted octanol–water partition coefficient (Wildman–Crippen LogP) is 19.2. The van der Waals surface area contributed by atoms with Crippen LogP contribution in [0.15, 0.2) is 231 Å². The first-order chi connectivity index (χ1) is 36.2. The molecule has 0 unspecified atom stereocenters. The highest BCUT2D eigenvalue weighted by Crippen LogP contribution is 2.50. The highest BCUT2D eigenvalue weighted by Gasteiger charge is 2.26. The second-order valence-corrected chi connectivity index (χ2v) is 18.1. The summed E-state index contributed by atoms with van der Waals surface area (Å²) in [5.74, 6) is -2.52. The number of hydrogen-bond acceptors (Lipinski definition) is 3. The molecule has 0 fully saturated rings. The van der Waals surface area contributed by atoms with E-state index >= 15 is 17.6 Å². The Kier molecular flexibility index (Phi) is 11.4. The normalized spacial score (nSPS) is 11.2. The Morgan fingerprint density at radius 2 is 0.757 bits per heavy atom. The van der Waals surface area contributed by atoms with Crippen LogP contribution in [0.1, 0.15) is 5.56 Å². The number of nitrogens with zero attached hydrogens (tertiary/aromatic N) is 4. The number of halogens is 4. The topological polar surface area (TPSA) is 34.6 Å². The number of anilines is 6. The monoisotopic (exact) mass is 962 g/mol. The minimum absolute atomic E-state index is 0.00985. The van der Waals surface area contributed by atoms with Crippen molar-refractivity contribution >= 4 is 72.1 Å². The van der Waals surface area contributed by atoms with Crippen molar-refractivity contribution in [3.05, 3.63) is 271 Å². The van der Waals surface area contributed by atoms with E-state index < -0.39 is 23.3 Å².